The largest absolute Gasteiger partial charge is 0.381 e. The topological polar surface area (TPSA) is 9.23 Å². The van der Waals surface area contributed by atoms with Gasteiger partial charge >= 0.3 is 0 Å². The predicted octanol–water partition coefficient (Wildman–Crippen LogP) is 3.61. The molecule has 0 spiro atoms. The van der Waals surface area contributed by atoms with Crippen LogP contribution in [0.4, 0.5) is 0 Å². The minimum Gasteiger partial charge on any atom is -0.381 e. The fraction of sp³-hybridized carbons (Fsp3) is 1.00. The maximum Gasteiger partial charge on any atom is 0.0466 e. The van der Waals surface area contributed by atoms with E-state index in [0.29, 0.717) is 0 Å². The summed E-state index contributed by atoms with van der Waals surface area (Å²) >= 11 is 3.40. The molecule has 0 radical (unpaired) electrons. The van der Waals surface area contributed by atoms with Gasteiger partial charge in [-0.2, -0.15) is 0 Å². The molecule has 0 heterocycles. The molecule has 0 bridgehead atoms. The van der Waals surface area contributed by atoms with Crippen molar-refractivity contribution in [3.05, 3.63) is 0 Å². The second-order valence-corrected chi connectivity index (χ2v) is 4.34. The van der Waals surface area contributed by atoms with Crippen molar-refractivity contribution in [2.75, 3.05) is 18.5 Å². The Labute approximate surface area is 85.0 Å². The molecule has 0 fully saturated rings. The van der Waals surface area contributed by atoms with Crippen molar-refractivity contribution in [2.24, 2.45) is 5.92 Å². The van der Waals surface area contributed by atoms with E-state index in [1.165, 1.54) is 25.7 Å². The first-order valence-electron chi connectivity index (χ1n) is 4.91. The molecule has 0 aliphatic heterocycles. The first kappa shape index (κ1) is 12.4. The average Bonchev–Trinajstić information content (AvgIpc) is 2.02. The molecule has 0 rings (SSSR count). The second kappa shape index (κ2) is 9.53. The lowest BCUT2D eigenvalue weighted by atomic mass is 10.1. The summed E-state index contributed by atoms with van der Waals surface area (Å²) in [5.41, 5.74) is 0. The van der Waals surface area contributed by atoms with Crippen molar-refractivity contribution in [2.45, 2.75) is 39.5 Å². The molecule has 0 aliphatic rings. The third-order valence-corrected chi connectivity index (χ3v) is 2.30. The number of alkyl halides is 1. The van der Waals surface area contributed by atoms with Gasteiger partial charge in [-0.05, 0) is 31.6 Å². The molecule has 0 aliphatic carbocycles. The second-order valence-electron chi connectivity index (χ2n) is 3.54. The zero-order chi connectivity index (χ0) is 9.23. The summed E-state index contributed by atoms with van der Waals surface area (Å²) in [5.74, 6) is 0.816. The van der Waals surface area contributed by atoms with E-state index >= 15 is 0 Å². The molecule has 0 saturated heterocycles. The molecule has 2 heteroatoms. The molecule has 0 aromatic rings. The summed E-state index contributed by atoms with van der Waals surface area (Å²) in [5, 5.41) is 1.10. The molecule has 0 aromatic carbocycles. The lowest BCUT2D eigenvalue weighted by Crippen LogP contribution is -1.99. The highest BCUT2D eigenvalue weighted by molar-refractivity contribution is 9.09. The van der Waals surface area contributed by atoms with Crippen LogP contribution in [0.1, 0.15) is 39.5 Å². The van der Waals surface area contributed by atoms with Crippen LogP contribution in [-0.4, -0.2) is 18.5 Å². The molecule has 74 valence electrons. The summed E-state index contributed by atoms with van der Waals surface area (Å²) in [7, 11) is 0. The van der Waals surface area contributed by atoms with Crippen molar-refractivity contribution in [1.82, 2.24) is 0 Å². The Morgan fingerprint density at radius 2 is 1.75 bits per heavy atom. The van der Waals surface area contributed by atoms with Crippen LogP contribution in [0.15, 0.2) is 0 Å². The zero-order valence-electron chi connectivity index (χ0n) is 8.31. The Kier molecular flexibility index (Phi) is 9.88. The van der Waals surface area contributed by atoms with E-state index < -0.39 is 0 Å². The molecule has 12 heavy (non-hydrogen) atoms. The lowest BCUT2D eigenvalue weighted by molar-refractivity contribution is 0.125. The van der Waals surface area contributed by atoms with E-state index in [-0.39, 0.29) is 0 Å². The Balaban J connectivity index is 2.82. The predicted molar refractivity (Wildman–Crippen MR) is 57.9 cm³/mol. The van der Waals surface area contributed by atoms with Crippen molar-refractivity contribution < 1.29 is 4.74 Å². The molecular weight excluding hydrogens is 216 g/mol. The van der Waals surface area contributed by atoms with E-state index in [9.17, 15) is 0 Å². The van der Waals surface area contributed by atoms with Crippen LogP contribution < -0.4 is 0 Å². The van der Waals surface area contributed by atoms with Gasteiger partial charge in [0, 0.05) is 18.5 Å². The SMILES string of the molecule is CC(C)CCCOCCCCBr. The minimum atomic E-state index is 0.816. The van der Waals surface area contributed by atoms with Gasteiger partial charge in [0.1, 0.15) is 0 Å². The van der Waals surface area contributed by atoms with Gasteiger partial charge in [0.2, 0.25) is 0 Å². The fourth-order valence-corrected chi connectivity index (χ4v) is 1.39. The first-order chi connectivity index (χ1) is 5.77. The Bertz CT molecular complexity index is 83.9. The van der Waals surface area contributed by atoms with E-state index in [4.69, 9.17) is 4.74 Å². The van der Waals surface area contributed by atoms with Crippen LogP contribution in [0.5, 0.6) is 0 Å². The molecular formula is C10H21BrO. The summed E-state index contributed by atoms with van der Waals surface area (Å²) in [6.07, 6.45) is 4.92. The van der Waals surface area contributed by atoms with Crippen LogP contribution >= 0.6 is 15.9 Å². The number of ether oxygens (including phenoxy) is 1. The molecule has 0 saturated carbocycles. The third kappa shape index (κ3) is 10.4. The van der Waals surface area contributed by atoms with Crippen LogP contribution in [0, 0.1) is 5.92 Å². The zero-order valence-corrected chi connectivity index (χ0v) is 9.90. The molecule has 1 nitrogen and oxygen atoms in total. The van der Waals surface area contributed by atoms with Gasteiger partial charge in [-0.25, -0.2) is 0 Å². The summed E-state index contributed by atoms with van der Waals surface area (Å²) in [6, 6.07) is 0. The van der Waals surface area contributed by atoms with E-state index in [1.54, 1.807) is 0 Å². The summed E-state index contributed by atoms with van der Waals surface area (Å²) in [4.78, 5) is 0. The number of rotatable bonds is 8. The maximum absolute atomic E-state index is 5.47. The molecule has 0 amide bonds. The van der Waals surface area contributed by atoms with Gasteiger partial charge in [-0.3, -0.25) is 0 Å². The number of unbranched alkanes of at least 4 members (excludes halogenated alkanes) is 1. The van der Waals surface area contributed by atoms with Gasteiger partial charge in [-0.15, -0.1) is 0 Å². The van der Waals surface area contributed by atoms with Crippen LogP contribution in [-0.2, 0) is 4.74 Å². The van der Waals surface area contributed by atoms with Crippen LogP contribution in [0.25, 0.3) is 0 Å². The van der Waals surface area contributed by atoms with Crippen molar-refractivity contribution in [1.29, 1.82) is 0 Å². The highest BCUT2D eigenvalue weighted by Gasteiger charge is 1.93. The highest BCUT2D eigenvalue weighted by Crippen LogP contribution is 2.03. The average molecular weight is 237 g/mol. The third-order valence-electron chi connectivity index (χ3n) is 1.74. The van der Waals surface area contributed by atoms with Gasteiger partial charge < -0.3 is 4.74 Å². The number of hydrogen-bond donors (Lipinski definition) is 0. The van der Waals surface area contributed by atoms with Crippen LogP contribution in [0.2, 0.25) is 0 Å². The van der Waals surface area contributed by atoms with Gasteiger partial charge in [-0.1, -0.05) is 29.8 Å². The smallest absolute Gasteiger partial charge is 0.0466 e. The standard InChI is InChI=1S/C10H21BrO/c1-10(2)6-5-9-12-8-4-3-7-11/h10H,3-9H2,1-2H3. The normalized spacial score (nSPS) is 11.0. The Hall–Kier alpha value is 0.440. The van der Waals surface area contributed by atoms with E-state index in [2.05, 4.69) is 29.8 Å². The molecule has 0 N–H and O–H groups in total. The van der Waals surface area contributed by atoms with Gasteiger partial charge in [0.25, 0.3) is 0 Å². The number of hydrogen-bond acceptors (Lipinski definition) is 1. The molecule has 0 unspecified atom stereocenters. The van der Waals surface area contributed by atoms with Crippen molar-refractivity contribution in [3.8, 4) is 0 Å². The maximum atomic E-state index is 5.47. The van der Waals surface area contributed by atoms with Gasteiger partial charge in [0.15, 0.2) is 0 Å². The Morgan fingerprint density at radius 1 is 1.08 bits per heavy atom. The van der Waals surface area contributed by atoms with Gasteiger partial charge in [0.05, 0.1) is 0 Å². The van der Waals surface area contributed by atoms with E-state index in [1.807, 2.05) is 0 Å². The minimum absolute atomic E-state index is 0.816. The first-order valence-corrected chi connectivity index (χ1v) is 6.03. The molecule has 0 atom stereocenters. The summed E-state index contributed by atoms with van der Waals surface area (Å²) < 4.78 is 5.47. The van der Waals surface area contributed by atoms with Crippen LogP contribution in [0.3, 0.4) is 0 Å². The fourth-order valence-electron chi connectivity index (χ4n) is 0.994. The quantitative estimate of drug-likeness (QED) is 0.463. The van der Waals surface area contributed by atoms with E-state index in [0.717, 1.165) is 24.5 Å². The monoisotopic (exact) mass is 236 g/mol. The molecule has 0 aromatic heterocycles. The van der Waals surface area contributed by atoms with Crippen molar-refractivity contribution >= 4 is 15.9 Å². The number of halogens is 1. The Morgan fingerprint density at radius 3 is 2.33 bits per heavy atom. The lowest BCUT2D eigenvalue weighted by Gasteiger charge is -2.05. The summed E-state index contributed by atoms with van der Waals surface area (Å²) in [6.45, 7) is 6.39. The highest BCUT2D eigenvalue weighted by atomic mass is 79.9. The van der Waals surface area contributed by atoms with Crippen molar-refractivity contribution in [3.63, 3.8) is 0 Å².